The number of alkyl carbamates (subject to hydrolysis) is 1. The van der Waals surface area contributed by atoms with Crippen LogP contribution < -0.4 is 15.5 Å². The number of halogens is 1. The number of anilines is 2. The van der Waals surface area contributed by atoms with Gasteiger partial charge in [0, 0.05) is 27.1 Å². The molecule has 0 atom stereocenters. The molecule has 24 heavy (non-hydrogen) atoms. The lowest BCUT2D eigenvalue weighted by Gasteiger charge is -2.20. The molecular weight excluding hydrogens is 330 g/mol. The van der Waals surface area contributed by atoms with Crippen LogP contribution in [0.5, 0.6) is 0 Å². The minimum atomic E-state index is -0.531. The standard InChI is InChI=1S/C17H26ClN3O3/c1-17(2,3)24-16(23)19-11-7-10-14(22)20-13-9-6-8-12(18)15(13)21(4)5/h6,8-9H,7,10-11H2,1-5H3,(H,19,23)(H,20,22). The number of hydrogen-bond acceptors (Lipinski definition) is 4. The summed E-state index contributed by atoms with van der Waals surface area (Å²) in [5.74, 6) is -0.133. The van der Waals surface area contributed by atoms with Gasteiger partial charge in [0.1, 0.15) is 5.60 Å². The first-order chi connectivity index (χ1) is 11.1. The van der Waals surface area contributed by atoms with Crippen LogP contribution in [0.2, 0.25) is 5.02 Å². The maximum atomic E-state index is 12.1. The van der Waals surface area contributed by atoms with E-state index >= 15 is 0 Å². The van der Waals surface area contributed by atoms with Crippen LogP contribution in [0.15, 0.2) is 18.2 Å². The molecule has 1 aromatic carbocycles. The number of nitrogens with zero attached hydrogens (tertiary/aromatic N) is 1. The predicted octanol–water partition coefficient (Wildman–Crippen LogP) is 3.65. The molecule has 0 aliphatic heterocycles. The minimum Gasteiger partial charge on any atom is -0.444 e. The Labute approximate surface area is 148 Å². The normalized spacial score (nSPS) is 10.9. The van der Waals surface area contributed by atoms with Gasteiger partial charge in [-0.2, -0.15) is 0 Å². The van der Waals surface area contributed by atoms with E-state index in [0.717, 1.165) is 5.69 Å². The molecule has 0 saturated heterocycles. The highest BCUT2D eigenvalue weighted by Gasteiger charge is 2.16. The molecule has 0 heterocycles. The van der Waals surface area contributed by atoms with E-state index in [0.29, 0.717) is 23.7 Å². The van der Waals surface area contributed by atoms with Gasteiger partial charge in [-0.25, -0.2) is 4.79 Å². The average molecular weight is 356 g/mol. The summed E-state index contributed by atoms with van der Waals surface area (Å²) in [5.41, 5.74) is 0.897. The van der Waals surface area contributed by atoms with E-state index in [9.17, 15) is 9.59 Å². The van der Waals surface area contributed by atoms with Gasteiger partial charge in [0.15, 0.2) is 0 Å². The Morgan fingerprint density at radius 3 is 2.50 bits per heavy atom. The molecule has 0 radical (unpaired) electrons. The first-order valence-electron chi connectivity index (χ1n) is 7.82. The average Bonchev–Trinajstić information content (AvgIpc) is 2.41. The molecule has 0 aliphatic carbocycles. The van der Waals surface area contributed by atoms with Crippen LogP contribution in [0.1, 0.15) is 33.6 Å². The van der Waals surface area contributed by atoms with Gasteiger partial charge in [0.25, 0.3) is 0 Å². The summed E-state index contributed by atoms with van der Waals surface area (Å²) >= 11 is 6.17. The Bertz CT molecular complexity index is 583. The number of para-hydroxylation sites is 1. The van der Waals surface area contributed by atoms with Crippen molar-refractivity contribution < 1.29 is 14.3 Å². The van der Waals surface area contributed by atoms with Crippen molar-refractivity contribution in [3.63, 3.8) is 0 Å². The van der Waals surface area contributed by atoms with E-state index in [-0.39, 0.29) is 12.3 Å². The van der Waals surface area contributed by atoms with Crippen LogP contribution in [0, 0.1) is 0 Å². The SMILES string of the molecule is CN(C)c1c(Cl)cccc1NC(=O)CCCNC(=O)OC(C)(C)C. The summed E-state index contributed by atoms with van der Waals surface area (Å²) in [6.07, 6.45) is 0.325. The summed E-state index contributed by atoms with van der Waals surface area (Å²) in [6.45, 7) is 5.77. The Morgan fingerprint density at radius 1 is 1.25 bits per heavy atom. The number of rotatable bonds is 6. The molecule has 2 amide bonds. The van der Waals surface area contributed by atoms with Crippen molar-refractivity contribution in [1.82, 2.24) is 5.32 Å². The Kier molecular flexibility index (Phi) is 7.35. The van der Waals surface area contributed by atoms with Gasteiger partial charge < -0.3 is 20.3 Å². The number of carbonyl (C=O) groups is 2. The lowest BCUT2D eigenvalue weighted by Crippen LogP contribution is -2.33. The van der Waals surface area contributed by atoms with Crippen LogP contribution in [0.25, 0.3) is 0 Å². The van der Waals surface area contributed by atoms with E-state index in [1.807, 2.05) is 19.0 Å². The Hall–Kier alpha value is -1.95. The zero-order chi connectivity index (χ0) is 18.3. The third-order valence-corrected chi connectivity index (χ3v) is 3.26. The zero-order valence-electron chi connectivity index (χ0n) is 14.9. The lowest BCUT2D eigenvalue weighted by atomic mass is 10.2. The molecule has 0 unspecified atom stereocenters. The summed E-state index contributed by atoms with van der Waals surface area (Å²) in [7, 11) is 3.73. The number of amides is 2. The molecule has 0 spiro atoms. The molecule has 0 saturated carbocycles. The van der Waals surface area contributed by atoms with E-state index < -0.39 is 11.7 Å². The molecule has 6 nitrogen and oxygen atoms in total. The molecule has 0 aromatic heterocycles. The predicted molar refractivity (Wildman–Crippen MR) is 97.9 cm³/mol. The summed E-state index contributed by atoms with van der Waals surface area (Å²) in [6, 6.07) is 5.37. The maximum absolute atomic E-state index is 12.1. The minimum absolute atomic E-state index is 0.133. The largest absolute Gasteiger partial charge is 0.444 e. The van der Waals surface area contributed by atoms with Crippen LogP contribution in [0.4, 0.5) is 16.2 Å². The Morgan fingerprint density at radius 2 is 1.92 bits per heavy atom. The molecule has 0 aliphatic rings. The van der Waals surface area contributed by atoms with Crippen molar-refractivity contribution >= 4 is 35.0 Å². The number of ether oxygens (including phenoxy) is 1. The first kappa shape index (κ1) is 20.1. The highest BCUT2D eigenvalue weighted by atomic mass is 35.5. The first-order valence-corrected chi connectivity index (χ1v) is 8.20. The van der Waals surface area contributed by atoms with E-state index in [1.165, 1.54) is 0 Å². The third kappa shape index (κ3) is 7.08. The molecule has 7 heteroatoms. The zero-order valence-corrected chi connectivity index (χ0v) is 15.7. The topological polar surface area (TPSA) is 70.7 Å². The molecule has 0 bridgehead atoms. The number of nitrogens with one attached hydrogen (secondary N) is 2. The van der Waals surface area contributed by atoms with Crippen molar-refractivity contribution in [3.8, 4) is 0 Å². The van der Waals surface area contributed by atoms with Crippen LogP contribution in [0.3, 0.4) is 0 Å². The monoisotopic (exact) mass is 355 g/mol. The number of hydrogen-bond donors (Lipinski definition) is 2. The highest BCUT2D eigenvalue weighted by molar-refractivity contribution is 6.34. The molecular formula is C17H26ClN3O3. The van der Waals surface area contributed by atoms with Crippen molar-refractivity contribution in [1.29, 1.82) is 0 Å². The second kappa shape index (κ2) is 8.78. The number of benzene rings is 1. The summed E-state index contributed by atoms with van der Waals surface area (Å²) < 4.78 is 5.12. The van der Waals surface area contributed by atoms with Crippen molar-refractivity contribution in [3.05, 3.63) is 23.2 Å². The van der Waals surface area contributed by atoms with Gasteiger partial charge in [-0.15, -0.1) is 0 Å². The second-order valence-electron chi connectivity index (χ2n) is 6.61. The van der Waals surface area contributed by atoms with Crippen LogP contribution in [-0.4, -0.2) is 38.2 Å². The van der Waals surface area contributed by atoms with Crippen LogP contribution in [-0.2, 0) is 9.53 Å². The number of carbonyl (C=O) groups excluding carboxylic acids is 2. The fourth-order valence-electron chi connectivity index (χ4n) is 2.04. The molecule has 1 rings (SSSR count). The third-order valence-electron chi connectivity index (χ3n) is 2.96. The maximum Gasteiger partial charge on any atom is 0.407 e. The van der Waals surface area contributed by atoms with Gasteiger partial charge in [0.2, 0.25) is 5.91 Å². The van der Waals surface area contributed by atoms with Gasteiger partial charge in [0.05, 0.1) is 16.4 Å². The van der Waals surface area contributed by atoms with E-state index in [4.69, 9.17) is 16.3 Å². The summed E-state index contributed by atoms with van der Waals surface area (Å²) in [5, 5.41) is 6.05. The fraction of sp³-hybridized carbons (Fsp3) is 0.529. The second-order valence-corrected chi connectivity index (χ2v) is 7.02. The Balaban J connectivity index is 2.43. The lowest BCUT2D eigenvalue weighted by molar-refractivity contribution is -0.116. The van der Waals surface area contributed by atoms with Crippen LogP contribution >= 0.6 is 11.6 Å². The van der Waals surface area contributed by atoms with Gasteiger partial charge >= 0.3 is 6.09 Å². The fourth-order valence-corrected chi connectivity index (χ4v) is 2.38. The van der Waals surface area contributed by atoms with Crippen molar-refractivity contribution in [2.24, 2.45) is 0 Å². The molecule has 0 fully saturated rings. The van der Waals surface area contributed by atoms with Crippen molar-refractivity contribution in [2.75, 3.05) is 30.9 Å². The van der Waals surface area contributed by atoms with E-state index in [1.54, 1.807) is 39.0 Å². The van der Waals surface area contributed by atoms with Gasteiger partial charge in [-0.3, -0.25) is 4.79 Å². The highest BCUT2D eigenvalue weighted by Crippen LogP contribution is 2.32. The summed E-state index contributed by atoms with van der Waals surface area (Å²) in [4.78, 5) is 25.4. The van der Waals surface area contributed by atoms with Gasteiger partial charge in [-0.1, -0.05) is 17.7 Å². The van der Waals surface area contributed by atoms with Crippen molar-refractivity contribution in [2.45, 2.75) is 39.2 Å². The molecule has 2 N–H and O–H groups in total. The molecule has 134 valence electrons. The quantitative estimate of drug-likeness (QED) is 0.764. The van der Waals surface area contributed by atoms with Gasteiger partial charge in [-0.05, 0) is 39.3 Å². The van der Waals surface area contributed by atoms with E-state index in [2.05, 4.69) is 10.6 Å². The molecule has 1 aromatic rings. The smallest absolute Gasteiger partial charge is 0.407 e.